The van der Waals surface area contributed by atoms with Crippen LogP contribution in [0.2, 0.25) is 0 Å². The summed E-state index contributed by atoms with van der Waals surface area (Å²) in [6, 6.07) is 41.5. The fraction of sp³-hybridized carbons (Fsp3) is 0. The molecular formula is C36H22O2. The van der Waals surface area contributed by atoms with Crippen molar-refractivity contribution in [1.82, 2.24) is 0 Å². The number of fused-ring (bicyclic) bond motifs is 6. The number of phenols is 2. The lowest BCUT2D eigenvalue weighted by Gasteiger charge is -2.16. The van der Waals surface area contributed by atoms with Crippen molar-refractivity contribution in [3.05, 3.63) is 121 Å². The van der Waals surface area contributed by atoms with Crippen LogP contribution >= 0.6 is 0 Å². The van der Waals surface area contributed by atoms with Crippen molar-refractivity contribution in [2.75, 3.05) is 0 Å². The Labute approximate surface area is 218 Å². The molecule has 0 saturated heterocycles. The minimum atomic E-state index is 0.152. The van der Waals surface area contributed by atoms with Gasteiger partial charge in [0.25, 0.3) is 0 Å². The van der Waals surface area contributed by atoms with Crippen LogP contribution in [-0.4, -0.2) is 10.2 Å². The molecular weight excluding hydrogens is 464 g/mol. The first-order chi connectivity index (χ1) is 18.6. The first-order valence-electron chi connectivity index (χ1n) is 12.8. The maximum Gasteiger partial charge on any atom is 0.124 e. The van der Waals surface area contributed by atoms with Crippen molar-refractivity contribution < 1.29 is 10.2 Å². The lowest BCUT2D eigenvalue weighted by atomic mass is 9.89. The topological polar surface area (TPSA) is 40.5 Å². The molecule has 2 heteroatoms. The van der Waals surface area contributed by atoms with E-state index in [1.165, 1.54) is 21.5 Å². The van der Waals surface area contributed by atoms with Gasteiger partial charge in [-0.1, -0.05) is 60.7 Å². The third-order valence-electron chi connectivity index (χ3n) is 7.89. The highest BCUT2D eigenvalue weighted by atomic mass is 16.3. The van der Waals surface area contributed by atoms with Crippen molar-refractivity contribution in [2.45, 2.75) is 0 Å². The molecule has 0 fully saturated rings. The standard InChI is InChI=1S/C36H22O2/c37-33-11-9-25-17-27-13-21-5-1-3-7-23(21)15-29(27)19-31(25)35(33)36-32-20-30-16-24-8-4-2-6-22(24)14-28(30)18-26(32)10-12-34(36)38/h1-20,37-38H. The Morgan fingerprint density at radius 3 is 0.974 bits per heavy atom. The Hall–Kier alpha value is -5.08. The van der Waals surface area contributed by atoms with Crippen LogP contribution in [0.5, 0.6) is 11.5 Å². The molecule has 0 aromatic heterocycles. The maximum absolute atomic E-state index is 11.2. The maximum atomic E-state index is 11.2. The van der Waals surface area contributed by atoms with Crippen LogP contribution in [-0.2, 0) is 0 Å². The van der Waals surface area contributed by atoms with E-state index in [0.717, 1.165) is 43.1 Å². The molecule has 0 aliphatic rings. The molecule has 0 aliphatic carbocycles. The predicted molar refractivity (Wildman–Crippen MR) is 160 cm³/mol. The molecule has 0 bridgehead atoms. The highest BCUT2D eigenvalue weighted by Crippen LogP contribution is 2.46. The van der Waals surface area contributed by atoms with E-state index in [1.54, 1.807) is 12.1 Å². The molecule has 2 nitrogen and oxygen atoms in total. The zero-order chi connectivity index (χ0) is 25.4. The fourth-order valence-corrected chi connectivity index (χ4v) is 6.03. The second kappa shape index (κ2) is 7.71. The lowest BCUT2D eigenvalue weighted by Crippen LogP contribution is -1.88. The van der Waals surface area contributed by atoms with Gasteiger partial charge in [-0.25, -0.2) is 0 Å². The van der Waals surface area contributed by atoms with Gasteiger partial charge >= 0.3 is 0 Å². The number of phenolic OH excluding ortho intramolecular Hbond substituents is 2. The van der Waals surface area contributed by atoms with Gasteiger partial charge in [0.15, 0.2) is 0 Å². The molecule has 0 atom stereocenters. The third kappa shape index (κ3) is 3.07. The summed E-state index contributed by atoms with van der Waals surface area (Å²) in [7, 11) is 0. The smallest absolute Gasteiger partial charge is 0.124 e. The van der Waals surface area contributed by atoms with Gasteiger partial charge in [-0.3, -0.25) is 0 Å². The molecule has 8 rings (SSSR count). The van der Waals surface area contributed by atoms with Crippen LogP contribution in [0.3, 0.4) is 0 Å². The molecule has 0 aliphatic heterocycles. The molecule has 38 heavy (non-hydrogen) atoms. The summed E-state index contributed by atoms with van der Waals surface area (Å²) < 4.78 is 0. The minimum absolute atomic E-state index is 0.152. The average Bonchev–Trinajstić information content (AvgIpc) is 2.94. The Bertz CT molecular complexity index is 2100. The van der Waals surface area contributed by atoms with Crippen LogP contribution in [0.15, 0.2) is 121 Å². The molecule has 0 amide bonds. The molecule has 0 saturated carbocycles. The van der Waals surface area contributed by atoms with Gasteiger partial charge in [0.05, 0.1) is 0 Å². The van der Waals surface area contributed by atoms with Crippen molar-refractivity contribution in [2.24, 2.45) is 0 Å². The van der Waals surface area contributed by atoms with Crippen molar-refractivity contribution in [3.63, 3.8) is 0 Å². The summed E-state index contributed by atoms with van der Waals surface area (Å²) in [5.41, 5.74) is 1.31. The van der Waals surface area contributed by atoms with Gasteiger partial charge in [-0.2, -0.15) is 0 Å². The lowest BCUT2D eigenvalue weighted by molar-refractivity contribution is 0.470. The van der Waals surface area contributed by atoms with E-state index in [9.17, 15) is 10.2 Å². The molecule has 0 spiro atoms. The van der Waals surface area contributed by atoms with Crippen molar-refractivity contribution >= 4 is 64.6 Å². The van der Waals surface area contributed by atoms with Crippen LogP contribution in [0.25, 0.3) is 75.8 Å². The number of benzene rings is 8. The second-order valence-electron chi connectivity index (χ2n) is 10.2. The van der Waals surface area contributed by atoms with E-state index in [1.807, 2.05) is 24.3 Å². The number of rotatable bonds is 1. The normalized spacial score (nSPS) is 11.9. The summed E-state index contributed by atoms with van der Waals surface area (Å²) >= 11 is 0. The summed E-state index contributed by atoms with van der Waals surface area (Å²) in [4.78, 5) is 0. The summed E-state index contributed by atoms with van der Waals surface area (Å²) in [5.74, 6) is 0.304. The van der Waals surface area contributed by atoms with Crippen molar-refractivity contribution in [3.8, 4) is 22.6 Å². The van der Waals surface area contributed by atoms with Gasteiger partial charge in [-0.15, -0.1) is 0 Å². The first kappa shape index (κ1) is 21.0. The van der Waals surface area contributed by atoms with Crippen LogP contribution in [0, 0.1) is 0 Å². The summed E-state index contributed by atoms with van der Waals surface area (Å²) in [5, 5.41) is 35.6. The monoisotopic (exact) mass is 486 g/mol. The average molecular weight is 487 g/mol. The van der Waals surface area contributed by atoms with E-state index in [0.29, 0.717) is 11.1 Å². The molecule has 8 aromatic carbocycles. The Balaban J connectivity index is 1.47. The van der Waals surface area contributed by atoms with Crippen molar-refractivity contribution in [1.29, 1.82) is 0 Å². The van der Waals surface area contributed by atoms with Gasteiger partial charge < -0.3 is 10.2 Å². The highest BCUT2D eigenvalue weighted by Gasteiger charge is 2.18. The number of hydrogen-bond acceptors (Lipinski definition) is 2. The van der Waals surface area contributed by atoms with E-state index >= 15 is 0 Å². The zero-order valence-electron chi connectivity index (χ0n) is 20.4. The third-order valence-corrected chi connectivity index (χ3v) is 7.89. The number of aromatic hydroxyl groups is 2. The zero-order valence-corrected chi connectivity index (χ0v) is 20.4. The molecule has 178 valence electrons. The molecule has 2 N–H and O–H groups in total. The Morgan fingerprint density at radius 1 is 0.289 bits per heavy atom. The molecule has 8 aromatic rings. The first-order valence-corrected chi connectivity index (χ1v) is 12.8. The number of hydrogen-bond donors (Lipinski definition) is 2. The van der Waals surface area contributed by atoms with Crippen LogP contribution < -0.4 is 0 Å². The largest absolute Gasteiger partial charge is 0.507 e. The van der Waals surface area contributed by atoms with E-state index in [-0.39, 0.29) is 11.5 Å². The minimum Gasteiger partial charge on any atom is -0.507 e. The van der Waals surface area contributed by atoms with Gasteiger partial charge in [-0.05, 0) is 125 Å². The Morgan fingerprint density at radius 2 is 0.605 bits per heavy atom. The van der Waals surface area contributed by atoms with E-state index < -0.39 is 0 Å². The highest BCUT2D eigenvalue weighted by molar-refractivity contribution is 6.16. The fourth-order valence-electron chi connectivity index (χ4n) is 6.03. The summed E-state index contributed by atoms with van der Waals surface area (Å²) in [6.07, 6.45) is 0. The van der Waals surface area contributed by atoms with Crippen LogP contribution in [0.1, 0.15) is 0 Å². The van der Waals surface area contributed by atoms with E-state index in [4.69, 9.17) is 0 Å². The molecule has 0 heterocycles. The SMILES string of the molecule is Oc1ccc2cc3cc4ccccc4cc3cc2c1-c1c(O)ccc2cc3cc4ccccc4cc3cc12. The quantitative estimate of drug-likeness (QED) is 0.227. The van der Waals surface area contributed by atoms with Gasteiger partial charge in [0.2, 0.25) is 0 Å². The summed E-state index contributed by atoms with van der Waals surface area (Å²) in [6.45, 7) is 0. The van der Waals surface area contributed by atoms with Gasteiger partial charge in [0, 0.05) is 11.1 Å². The molecule has 0 radical (unpaired) electrons. The Kier molecular flexibility index (Phi) is 4.27. The van der Waals surface area contributed by atoms with E-state index in [2.05, 4.69) is 84.9 Å². The van der Waals surface area contributed by atoms with Crippen LogP contribution in [0.4, 0.5) is 0 Å². The predicted octanol–water partition coefficient (Wildman–Crippen LogP) is 9.68. The second-order valence-corrected chi connectivity index (χ2v) is 10.2. The van der Waals surface area contributed by atoms with Gasteiger partial charge in [0.1, 0.15) is 11.5 Å². The molecule has 0 unspecified atom stereocenters.